The topological polar surface area (TPSA) is 88.1 Å². The molecule has 3 aromatic rings. The summed E-state index contributed by atoms with van der Waals surface area (Å²) >= 11 is 5.71. The van der Waals surface area contributed by atoms with Crippen LogP contribution in [0.4, 0.5) is 20.7 Å². The molecule has 0 atom stereocenters. The van der Waals surface area contributed by atoms with Crippen molar-refractivity contribution >= 4 is 35.0 Å². The van der Waals surface area contributed by atoms with Crippen LogP contribution in [0.15, 0.2) is 42.5 Å². The number of urea groups is 1. The Hall–Kier alpha value is -3.39. The van der Waals surface area contributed by atoms with Gasteiger partial charge in [0.2, 0.25) is 5.91 Å². The third kappa shape index (κ3) is 6.10. The first-order valence-electron chi connectivity index (χ1n) is 10.4. The summed E-state index contributed by atoms with van der Waals surface area (Å²) in [6, 6.07) is 11.0. The first kappa shape index (κ1) is 24.3. The third-order valence-electron chi connectivity index (χ3n) is 4.91. The van der Waals surface area contributed by atoms with Crippen LogP contribution < -0.4 is 16.0 Å². The maximum Gasteiger partial charge on any atom is 0.319 e. The van der Waals surface area contributed by atoms with Crippen LogP contribution in [-0.2, 0) is 10.2 Å². The molecule has 0 aliphatic carbocycles. The van der Waals surface area contributed by atoms with Gasteiger partial charge in [-0.25, -0.2) is 13.9 Å². The van der Waals surface area contributed by atoms with Crippen molar-refractivity contribution in [3.05, 3.63) is 70.1 Å². The van der Waals surface area contributed by atoms with E-state index in [1.807, 2.05) is 58.9 Å². The van der Waals surface area contributed by atoms with Crippen LogP contribution in [0.2, 0.25) is 5.02 Å². The zero-order valence-electron chi connectivity index (χ0n) is 19.2. The van der Waals surface area contributed by atoms with Gasteiger partial charge in [-0.15, -0.1) is 0 Å². The van der Waals surface area contributed by atoms with E-state index in [4.69, 9.17) is 16.7 Å². The van der Waals surface area contributed by atoms with E-state index in [9.17, 15) is 14.0 Å². The summed E-state index contributed by atoms with van der Waals surface area (Å²) in [5.74, 6) is -0.505. The number of aryl methyl sites for hydroxylation is 2. The van der Waals surface area contributed by atoms with Crippen molar-refractivity contribution in [3.8, 4) is 5.69 Å². The Kier molecular flexibility index (Phi) is 7.07. The molecule has 3 amide bonds. The minimum Gasteiger partial charge on any atom is -0.329 e. The second-order valence-corrected chi connectivity index (χ2v) is 9.26. The molecule has 2 aromatic carbocycles. The van der Waals surface area contributed by atoms with E-state index < -0.39 is 17.8 Å². The van der Waals surface area contributed by atoms with Crippen molar-refractivity contribution in [2.24, 2.45) is 0 Å². The zero-order chi connectivity index (χ0) is 24.3. The second kappa shape index (κ2) is 9.62. The van der Waals surface area contributed by atoms with Crippen molar-refractivity contribution < 1.29 is 14.0 Å². The van der Waals surface area contributed by atoms with Crippen molar-refractivity contribution in [1.82, 2.24) is 15.1 Å². The largest absolute Gasteiger partial charge is 0.329 e. The quantitative estimate of drug-likeness (QED) is 0.469. The van der Waals surface area contributed by atoms with E-state index in [0.29, 0.717) is 11.5 Å². The lowest BCUT2D eigenvalue weighted by molar-refractivity contribution is -0.115. The second-order valence-electron chi connectivity index (χ2n) is 8.85. The Bertz CT molecular complexity index is 1200. The highest BCUT2D eigenvalue weighted by Gasteiger charge is 2.22. The van der Waals surface area contributed by atoms with Crippen molar-refractivity contribution in [2.75, 3.05) is 17.2 Å². The molecule has 0 radical (unpaired) electrons. The number of aromatic nitrogens is 2. The molecule has 0 spiro atoms. The van der Waals surface area contributed by atoms with Gasteiger partial charge in [-0.1, -0.05) is 50.1 Å². The van der Waals surface area contributed by atoms with E-state index in [-0.39, 0.29) is 17.0 Å². The first-order valence-corrected chi connectivity index (χ1v) is 10.8. The summed E-state index contributed by atoms with van der Waals surface area (Å²) in [7, 11) is 0. The summed E-state index contributed by atoms with van der Waals surface area (Å²) < 4.78 is 15.0. The van der Waals surface area contributed by atoms with Gasteiger partial charge < -0.3 is 16.0 Å². The molecule has 0 bridgehead atoms. The number of nitrogens with zero attached hydrogens (tertiary/aromatic N) is 2. The first-order chi connectivity index (χ1) is 15.4. The molecule has 3 N–H and O–H groups in total. The van der Waals surface area contributed by atoms with Gasteiger partial charge in [-0.2, -0.15) is 5.10 Å². The molecule has 0 saturated carbocycles. The van der Waals surface area contributed by atoms with Crippen LogP contribution in [0.25, 0.3) is 5.69 Å². The number of amides is 3. The Balaban J connectivity index is 1.72. The van der Waals surface area contributed by atoms with E-state index >= 15 is 0 Å². The number of halogens is 2. The number of carbonyl (C=O) groups excluding carboxylic acids is 2. The highest BCUT2D eigenvalue weighted by atomic mass is 35.5. The van der Waals surface area contributed by atoms with Gasteiger partial charge >= 0.3 is 6.03 Å². The minimum absolute atomic E-state index is 0.111. The summed E-state index contributed by atoms with van der Waals surface area (Å²) in [5.41, 5.74) is 3.90. The van der Waals surface area contributed by atoms with Crippen LogP contribution in [-0.4, -0.2) is 28.3 Å². The molecule has 174 valence electrons. The lowest BCUT2D eigenvalue weighted by Crippen LogP contribution is -2.36. The van der Waals surface area contributed by atoms with Crippen molar-refractivity contribution in [3.63, 3.8) is 0 Å². The smallest absolute Gasteiger partial charge is 0.319 e. The van der Waals surface area contributed by atoms with E-state index in [1.165, 1.54) is 12.1 Å². The van der Waals surface area contributed by atoms with E-state index in [0.717, 1.165) is 28.6 Å². The Morgan fingerprint density at radius 3 is 2.42 bits per heavy atom. The van der Waals surface area contributed by atoms with E-state index in [2.05, 4.69) is 16.0 Å². The predicted molar refractivity (Wildman–Crippen MR) is 129 cm³/mol. The van der Waals surface area contributed by atoms with Crippen LogP contribution in [0.1, 0.15) is 37.6 Å². The van der Waals surface area contributed by atoms with Gasteiger partial charge in [0.05, 0.1) is 22.9 Å². The van der Waals surface area contributed by atoms with Gasteiger partial charge in [-0.05, 0) is 43.7 Å². The maximum atomic E-state index is 13.3. The lowest BCUT2D eigenvalue weighted by Gasteiger charge is -2.14. The summed E-state index contributed by atoms with van der Waals surface area (Å²) in [6.45, 7) is 9.85. The standard InChI is InChI=1S/C24H27ClFN5O2/c1-14-6-9-19(15(2)10-14)31-21(12-20(30-31)24(3,4)5)29-22(32)13-27-23(33)28-16-7-8-18(26)17(25)11-16/h6-12H,13H2,1-5H3,(H,29,32)(H2,27,28,33). The molecule has 9 heteroatoms. The number of nitrogens with one attached hydrogen (secondary N) is 3. The molecular weight excluding hydrogens is 445 g/mol. The van der Waals surface area contributed by atoms with Crippen molar-refractivity contribution in [2.45, 2.75) is 40.0 Å². The lowest BCUT2D eigenvalue weighted by atomic mass is 9.92. The molecule has 1 aromatic heterocycles. The molecule has 33 heavy (non-hydrogen) atoms. The fourth-order valence-electron chi connectivity index (χ4n) is 3.16. The molecule has 0 saturated heterocycles. The highest BCUT2D eigenvalue weighted by molar-refractivity contribution is 6.31. The zero-order valence-corrected chi connectivity index (χ0v) is 20.0. The fourth-order valence-corrected chi connectivity index (χ4v) is 3.34. The minimum atomic E-state index is -0.619. The Morgan fingerprint density at radius 2 is 1.79 bits per heavy atom. The summed E-state index contributed by atoms with van der Waals surface area (Å²) in [6.07, 6.45) is 0. The number of carbonyl (C=O) groups is 2. The van der Waals surface area contributed by atoms with Crippen molar-refractivity contribution in [1.29, 1.82) is 0 Å². The number of hydrogen-bond acceptors (Lipinski definition) is 3. The summed E-state index contributed by atoms with van der Waals surface area (Å²) in [4.78, 5) is 24.7. The monoisotopic (exact) mass is 471 g/mol. The molecule has 0 fully saturated rings. The number of rotatable bonds is 5. The van der Waals surface area contributed by atoms with Gasteiger partial charge in [-0.3, -0.25) is 4.79 Å². The van der Waals surface area contributed by atoms with Gasteiger partial charge in [0.25, 0.3) is 0 Å². The normalized spacial score (nSPS) is 11.2. The molecular formula is C24H27ClFN5O2. The SMILES string of the molecule is Cc1ccc(-n2nc(C(C)(C)C)cc2NC(=O)CNC(=O)Nc2ccc(F)c(Cl)c2)c(C)c1. The van der Waals surface area contributed by atoms with Gasteiger partial charge in [0.1, 0.15) is 11.6 Å². The maximum absolute atomic E-state index is 13.3. The van der Waals surface area contributed by atoms with Crippen LogP contribution in [0.3, 0.4) is 0 Å². The van der Waals surface area contributed by atoms with Crippen LogP contribution in [0.5, 0.6) is 0 Å². The fraction of sp³-hybridized carbons (Fsp3) is 0.292. The number of anilines is 2. The highest BCUT2D eigenvalue weighted by Crippen LogP contribution is 2.27. The Morgan fingerprint density at radius 1 is 1.06 bits per heavy atom. The molecule has 1 heterocycles. The summed E-state index contributed by atoms with van der Waals surface area (Å²) in [5, 5.41) is 12.4. The number of hydrogen-bond donors (Lipinski definition) is 3. The molecule has 7 nitrogen and oxygen atoms in total. The molecule has 0 unspecified atom stereocenters. The average Bonchev–Trinajstić information content (AvgIpc) is 3.13. The van der Waals surface area contributed by atoms with Crippen LogP contribution >= 0.6 is 11.6 Å². The van der Waals surface area contributed by atoms with E-state index in [1.54, 1.807) is 4.68 Å². The van der Waals surface area contributed by atoms with Gasteiger partial charge in [0, 0.05) is 17.2 Å². The van der Waals surface area contributed by atoms with Crippen LogP contribution in [0, 0.1) is 19.7 Å². The number of benzene rings is 2. The molecule has 0 aliphatic heterocycles. The molecule has 3 rings (SSSR count). The predicted octanol–water partition coefficient (Wildman–Crippen LogP) is 5.34. The average molecular weight is 472 g/mol. The third-order valence-corrected chi connectivity index (χ3v) is 5.20. The van der Waals surface area contributed by atoms with Gasteiger partial charge in [0.15, 0.2) is 0 Å². The Labute approximate surface area is 197 Å². The molecule has 0 aliphatic rings.